The van der Waals surface area contributed by atoms with Crippen LogP contribution >= 0.6 is 0 Å². The molecule has 1 aromatic carbocycles. The Labute approximate surface area is 151 Å². The van der Waals surface area contributed by atoms with E-state index in [0.29, 0.717) is 5.56 Å². The maximum Gasteiger partial charge on any atom is 0.253 e. The van der Waals surface area contributed by atoms with Crippen LogP contribution in [0, 0.1) is 0 Å². The number of rotatable bonds is 3. The molecule has 26 heavy (non-hydrogen) atoms. The predicted molar refractivity (Wildman–Crippen MR) is 103 cm³/mol. The van der Waals surface area contributed by atoms with E-state index in [4.69, 9.17) is 0 Å². The number of fused-ring (bicyclic) bond motifs is 1. The number of nitrogens with one attached hydrogen (secondary N) is 1. The Morgan fingerprint density at radius 2 is 1.58 bits per heavy atom. The van der Waals surface area contributed by atoms with Gasteiger partial charge >= 0.3 is 0 Å². The summed E-state index contributed by atoms with van der Waals surface area (Å²) >= 11 is 0. The van der Waals surface area contributed by atoms with Gasteiger partial charge in [-0.15, -0.1) is 0 Å². The molecule has 0 radical (unpaired) electrons. The molecule has 3 aromatic heterocycles. The van der Waals surface area contributed by atoms with Crippen molar-refractivity contribution >= 4 is 16.9 Å². The van der Waals surface area contributed by atoms with Crippen LogP contribution in [0.2, 0.25) is 0 Å². The van der Waals surface area contributed by atoms with Crippen molar-refractivity contribution < 1.29 is 4.79 Å². The fraction of sp³-hybridized carbons (Fsp3) is 0.0952. The minimum atomic E-state index is -0.00527. The first-order valence-electron chi connectivity index (χ1n) is 8.32. The smallest absolute Gasteiger partial charge is 0.253 e. The Hall–Kier alpha value is -3.47. The summed E-state index contributed by atoms with van der Waals surface area (Å²) in [5.41, 5.74) is 5.59. The van der Waals surface area contributed by atoms with Crippen LogP contribution < -0.4 is 0 Å². The summed E-state index contributed by atoms with van der Waals surface area (Å²) in [6, 6.07) is 13.8. The Kier molecular flexibility index (Phi) is 3.97. The number of carbonyl (C=O) groups is 1. The maximum absolute atomic E-state index is 12.0. The SMILES string of the molecule is CN(C)C(=O)c1ccc(-c2cncc(-c3cnc4[nH]ccc4c3)c2)cc1. The van der Waals surface area contributed by atoms with Crippen LogP contribution in [-0.4, -0.2) is 39.9 Å². The molecule has 0 atom stereocenters. The van der Waals surface area contributed by atoms with Crippen molar-refractivity contribution in [2.24, 2.45) is 0 Å². The van der Waals surface area contributed by atoms with E-state index in [9.17, 15) is 4.79 Å². The van der Waals surface area contributed by atoms with Crippen molar-refractivity contribution in [3.8, 4) is 22.3 Å². The summed E-state index contributed by atoms with van der Waals surface area (Å²) in [7, 11) is 3.50. The second-order valence-electron chi connectivity index (χ2n) is 6.38. The molecule has 0 spiro atoms. The first-order chi connectivity index (χ1) is 12.6. The van der Waals surface area contributed by atoms with E-state index in [-0.39, 0.29) is 5.91 Å². The van der Waals surface area contributed by atoms with Crippen molar-refractivity contribution in [2.45, 2.75) is 0 Å². The third-order valence-electron chi connectivity index (χ3n) is 4.34. The van der Waals surface area contributed by atoms with Crippen LogP contribution in [0.1, 0.15) is 10.4 Å². The van der Waals surface area contributed by atoms with E-state index in [1.807, 2.05) is 55.1 Å². The molecule has 0 aliphatic carbocycles. The summed E-state index contributed by atoms with van der Waals surface area (Å²) in [5, 5.41) is 1.07. The average Bonchev–Trinajstić information content (AvgIpc) is 3.15. The van der Waals surface area contributed by atoms with Crippen LogP contribution in [-0.2, 0) is 0 Å². The highest BCUT2D eigenvalue weighted by Gasteiger charge is 2.09. The molecule has 128 valence electrons. The summed E-state index contributed by atoms with van der Waals surface area (Å²) in [5.74, 6) is -0.00527. The highest BCUT2D eigenvalue weighted by molar-refractivity contribution is 5.94. The van der Waals surface area contributed by atoms with E-state index in [0.717, 1.165) is 33.3 Å². The Morgan fingerprint density at radius 3 is 2.31 bits per heavy atom. The van der Waals surface area contributed by atoms with Gasteiger partial charge in [0.25, 0.3) is 5.91 Å². The van der Waals surface area contributed by atoms with Gasteiger partial charge in [-0.3, -0.25) is 9.78 Å². The molecule has 5 nitrogen and oxygen atoms in total. The zero-order valence-corrected chi connectivity index (χ0v) is 14.6. The summed E-state index contributed by atoms with van der Waals surface area (Å²) in [4.78, 5) is 25.5. The first-order valence-corrected chi connectivity index (χ1v) is 8.32. The van der Waals surface area contributed by atoms with Crippen LogP contribution in [0.4, 0.5) is 0 Å². The number of hydrogen-bond acceptors (Lipinski definition) is 3. The van der Waals surface area contributed by atoms with Gasteiger partial charge in [0.05, 0.1) is 0 Å². The largest absolute Gasteiger partial charge is 0.346 e. The highest BCUT2D eigenvalue weighted by Crippen LogP contribution is 2.27. The number of H-pyrrole nitrogens is 1. The lowest BCUT2D eigenvalue weighted by Gasteiger charge is -2.11. The molecule has 0 saturated heterocycles. The van der Waals surface area contributed by atoms with Gasteiger partial charge in [0.2, 0.25) is 0 Å². The topological polar surface area (TPSA) is 61.9 Å². The van der Waals surface area contributed by atoms with Crippen molar-refractivity contribution in [1.29, 1.82) is 0 Å². The number of nitrogens with zero attached hydrogens (tertiary/aromatic N) is 3. The van der Waals surface area contributed by atoms with Gasteiger partial charge in [-0.2, -0.15) is 0 Å². The first kappa shape index (κ1) is 16.0. The van der Waals surface area contributed by atoms with Crippen LogP contribution in [0.15, 0.2) is 67.3 Å². The fourth-order valence-electron chi connectivity index (χ4n) is 2.92. The Bertz CT molecular complexity index is 1080. The zero-order chi connectivity index (χ0) is 18.1. The van der Waals surface area contributed by atoms with E-state index in [1.54, 1.807) is 19.0 Å². The second-order valence-corrected chi connectivity index (χ2v) is 6.38. The third kappa shape index (κ3) is 2.95. The molecule has 0 unspecified atom stereocenters. The average molecular weight is 342 g/mol. The molecule has 0 saturated carbocycles. The number of hydrogen-bond donors (Lipinski definition) is 1. The summed E-state index contributed by atoms with van der Waals surface area (Å²) in [6.45, 7) is 0. The molecule has 0 fully saturated rings. The van der Waals surface area contributed by atoms with E-state index in [2.05, 4.69) is 27.1 Å². The molecule has 3 heterocycles. The van der Waals surface area contributed by atoms with Crippen molar-refractivity contribution in [3.05, 3.63) is 72.8 Å². The number of benzene rings is 1. The van der Waals surface area contributed by atoms with E-state index in [1.165, 1.54) is 0 Å². The Morgan fingerprint density at radius 1 is 0.885 bits per heavy atom. The number of pyridine rings is 2. The minimum absolute atomic E-state index is 0.00527. The van der Waals surface area contributed by atoms with Gasteiger partial charge in [0.1, 0.15) is 5.65 Å². The van der Waals surface area contributed by atoms with Gasteiger partial charge < -0.3 is 9.88 Å². The molecular formula is C21H18N4O. The number of amides is 1. The normalized spacial score (nSPS) is 10.8. The van der Waals surface area contributed by atoms with Crippen molar-refractivity contribution in [1.82, 2.24) is 19.9 Å². The number of aromatic nitrogens is 3. The predicted octanol–water partition coefficient (Wildman–Crippen LogP) is 3.99. The van der Waals surface area contributed by atoms with Gasteiger partial charge in [-0.05, 0) is 35.9 Å². The summed E-state index contributed by atoms with van der Waals surface area (Å²) in [6.07, 6.45) is 7.39. The van der Waals surface area contributed by atoms with E-state index < -0.39 is 0 Å². The maximum atomic E-state index is 12.0. The lowest BCUT2D eigenvalue weighted by Crippen LogP contribution is -2.21. The lowest BCUT2D eigenvalue weighted by atomic mass is 10.0. The quantitative estimate of drug-likeness (QED) is 0.612. The third-order valence-corrected chi connectivity index (χ3v) is 4.34. The van der Waals surface area contributed by atoms with Crippen LogP contribution in [0.3, 0.4) is 0 Å². The van der Waals surface area contributed by atoms with Gasteiger partial charge in [0.15, 0.2) is 0 Å². The standard InChI is InChI=1S/C21H18N4O/c1-25(2)21(26)15-5-3-14(4-6-15)17-10-18(12-22-11-17)19-9-16-7-8-23-20(16)24-13-19/h3-13H,1-2H3,(H,23,24). The van der Waals surface area contributed by atoms with Crippen LogP contribution in [0.25, 0.3) is 33.3 Å². The highest BCUT2D eigenvalue weighted by atomic mass is 16.2. The molecule has 4 rings (SSSR count). The Balaban J connectivity index is 1.68. The molecule has 0 aliphatic heterocycles. The zero-order valence-electron chi connectivity index (χ0n) is 14.6. The molecular weight excluding hydrogens is 324 g/mol. The summed E-state index contributed by atoms with van der Waals surface area (Å²) < 4.78 is 0. The minimum Gasteiger partial charge on any atom is -0.346 e. The molecule has 4 aromatic rings. The fourth-order valence-corrected chi connectivity index (χ4v) is 2.92. The monoisotopic (exact) mass is 342 g/mol. The molecule has 0 bridgehead atoms. The van der Waals surface area contributed by atoms with Crippen LogP contribution in [0.5, 0.6) is 0 Å². The van der Waals surface area contributed by atoms with Crippen molar-refractivity contribution in [2.75, 3.05) is 14.1 Å². The van der Waals surface area contributed by atoms with E-state index >= 15 is 0 Å². The van der Waals surface area contributed by atoms with Crippen molar-refractivity contribution in [3.63, 3.8) is 0 Å². The number of carbonyl (C=O) groups excluding carboxylic acids is 1. The van der Waals surface area contributed by atoms with Gasteiger partial charge in [0, 0.05) is 66.5 Å². The molecule has 1 amide bonds. The molecule has 5 heteroatoms. The van der Waals surface area contributed by atoms with Gasteiger partial charge in [-0.1, -0.05) is 12.1 Å². The number of aromatic amines is 1. The second kappa shape index (κ2) is 6.44. The molecule has 0 aliphatic rings. The molecule has 1 N–H and O–H groups in total. The lowest BCUT2D eigenvalue weighted by molar-refractivity contribution is 0.0827. The van der Waals surface area contributed by atoms with Gasteiger partial charge in [-0.25, -0.2) is 4.98 Å².